The molecule has 0 saturated heterocycles. The Morgan fingerprint density at radius 1 is 0.444 bits per heavy atom. The first-order valence-corrected chi connectivity index (χ1v) is 13.0. The van der Waals surface area contributed by atoms with E-state index in [-0.39, 0.29) is 0 Å². The van der Waals surface area contributed by atoms with Crippen LogP contribution in [-0.4, -0.2) is 11.4 Å². The van der Waals surface area contributed by atoms with Gasteiger partial charge in [-0.25, -0.2) is 0 Å². The summed E-state index contributed by atoms with van der Waals surface area (Å²) in [5.74, 6) is 0. The molecule has 8 rings (SSSR count). The SMILES string of the molecule is C1=CCC(C2=CC=C(C3=Nc4cc5cc6c(cc5cc4C3)N=C(C3=CC=C(C4=CC=CC4)C3)C6)C2)=C1. The van der Waals surface area contributed by atoms with Crippen molar-refractivity contribution >= 4 is 33.6 Å². The molecule has 4 aliphatic carbocycles. The number of nitrogens with zero attached hydrogens (tertiary/aromatic N) is 2. The number of fused-ring (bicyclic) bond motifs is 3. The van der Waals surface area contributed by atoms with Crippen molar-refractivity contribution in [3.63, 3.8) is 0 Å². The molecular formula is C34H26N2. The summed E-state index contributed by atoms with van der Waals surface area (Å²) >= 11 is 0. The highest BCUT2D eigenvalue weighted by atomic mass is 14.8. The molecule has 0 saturated carbocycles. The molecule has 2 aromatic rings. The number of rotatable bonds is 4. The molecule has 6 aliphatic rings. The van der Waals surface area contributed by atoms with E-state index in [4.69, 9.17) is 9.98 Å². The molecule has 0 spiro atoms. The van der Waals surface area contributed by atoms with Crippen LogP contribution in [0.5, 0.6) is 0 Å². The van der Waals surface area contributed by atoms with Gasteiger partial charge in [-0.05, 0) is 105 Å². The highest BCUT2D eigenvalue weighted by Crippen LogP contribution is 2.41. The molecule has 2 nitrogen and oxygen atoms in total. The Labute approximate surface area is 211 Å². The van der Waals surface area contributed by atoms with Gasteiger partial charge in [0.15, 0.2) is 0 Å². The zero-order valence-electron chi connectivity index (χ0n) is 20.2. The van der Waals surface area contributed by atoms with Crippen LogP contribution in [0.15, 0.2) is 128 Å². The Morgan fingerprint density at radius 3 is 1.36 bits per heavy atom. The van der Waals surface area contributed by atoms with Crippen LogP contribution in [0.4, 0.5) is 11.4 Å². The highest BCUT2D eigenvalue weighted by Gasteiger charge is 2.25. The molecule has 36 heavy (non-hydrogen) atoms. The van der Waals surface area contributed by atoms with E-state index in [9.17, 15) is 0 Å². The third-order valence-corrected chi connectivity index (χ3v) is 8.30. The van der Waals surface area contributed by atoms with Gasteiger partial charge in [0.2, 0.25) is 0 Å². The van der Waals surface area contributed by atoms with E-state index < -0.39 is 0 Å². The summed E-state index contributed by atoms with van der Waals surface area (Å²) in [4.78, 5) is 10.2. The second kappa shape index (κ2) is 7.73. The van der Waals surface area contributed by atoms with Gasteiger partial charge in [-0.15, -0.1) is 0 Å². The fourth-order valence-corrected chi connectivity index (χ4v) is 6.27. The number of hydrogen-bond acceptors (Lipinski definition) is 2. The molecule has 2 heteroatoms. The molecule has 0 fully saturated rings. The first-order valence-electron chi connectivity index (χ1n) is 13.0. The fourth-order valence-electron chi connectivity index (χ4n) is 6.27. The van der Waals surface area contributed by atoms with Gasteiger partial charge in [0.1, 0.15) is 0 Å². The minimum Gasteiger partial charge on any atom is -0.252 e. The van der Waals surface area contributed by atoms with Crippen LogP contribution >= 0.6 is 0 Å². The average molecular weight is 463 g/mol. The summed E-state index contributed by atoms with van der Waals surface area (Å²) in [5.41, 5.74) is 15.9. The standard InChI is InChI=1S/C34H26N2/c1-2-6-21(5-1)23-9-11-25(13-23)31-19-29-15-27-18-34-30(16-28(27)17-33(29)35-31)20-32(36-34)26-12-10-24(14-26)22-7-3-4-8-22/h1-5,7,9-12,15-18H,6,8,13-14,19-20H2. The summed E-state index contributed by atoms with van der Waals surface area (Å²) in [7, 11) is 0. The summed E-state index contributed by atoms with van der Waals surface area (Å²) in [6, 6.07) is 9.27. The van der Waals surface area contributed by atoms with Crippen LogP contribution < -0.4 is 0 Å². The van der Waals surface area contributed by atoms with E-state index in [1.807, 2.05) is 0 Å². The van der Waals surface area contributed by atoms with E-state index in [0.717, 1.165) is 49.9 Å². The normalized spacial score (nSPS) is 21.2. The van der Waals surface area contributed by atoms with Crippen molar-refractivity contribution in [3.8, 4) is 0 Å². The second-order valence-electron chi connectivity index (χ2n) is 10.5. The molecule has 172 valence electrons. The van der Waals surface area contributed by atoms with E-state index in [2.05, 4.69) is 85.0 Å². The Hall–Kier alpha value is -4.04. The minimum atomic E-state index is 0.924. The first kappa shape index (κ1) is 20.2. The van der Waals surface area contributed by atoms with Gasteiger partial charge in [-0.2, -0.15) is 0 Å². The molecule has 0 radical (unpaired) electrons. The van der Waals surface area contributed by atoms with Gasteiger partial charge in [-0.3, -0.25) is 9.98 Å². The molecule has 2 aliphatic heterocycles. The smallest absolute Gasteiger partial charge is 0.0675 e. The average Bonchev–Trinajstić information content (AvgIpc) is 3.70. The number of hydrogen-bond donors (Lipinski definition) is 0. The van der Waals surface area contributed by atoms with Crippen molar-refractivity contribution in [2.75, 3.05) is 0 Å². The molecule has 2 heterocycles. The third-order valence-electron chi connectivity index (χ3n) is 8.30. The van der Waals surface area contributed by atoms with Crippen molar-refractivity contribution < 1.29 is 0 Å². The molecular weight excluding hydrogens is 436 g/mol. The molecule has 2 aromatic carbocycles. The van der Waals surface area contributed by atoms with E-state index in [1.54, 1.807) is 0 Å². The highest BCUT2D eigenvalue weighted by molar-refractivity contribution is 6.10. The Bertz CT molecular complexity index is 1580. The maximum Gasteiger partial charge on any atom is 0.0675 e. The molecule has 0 atom stereocenters. The minimum absolute atomic E-state index is 0.924. The number of aliphatic imine (C=N–C) groups is 2. The lowest BCUT2D eigenvalue weighted by molar-refractivity contribution is 1.15. The van der Waals surface area contributed by atoms with Crippen molar-refractivity contribution in [2.24, 2.45) is 9.98 Å². The number of allylic oxidation sites excluding steroid dienone is 16. The summed E-state index contributed by atoms with van der Waals surface area (Å²) < 4.78 is 0. The van der Waals surface area contributed by atoms with Gasteiger partial charge in [0, 0.05) is 24.3 Å². The zero-order chi connectivity index (χ0) is 23.6. The Balaban J connectivity index is 1.01. The zero-order valence-corrected chi connectivity index (χ0v) is 20.2. The molecule has 0 amide bonds. The fraction of sp³-hybridized carbons (Fsp3) is 0.176. The van der Waals surface area contributed by atoms with Gasteiger partial charge >= 0.3 is 0 Å². The van der Waals surface area contributed by atoms with Crippen LogP contribution in [0.2, 0.25) is 0 Å². The van der Waals surface area contributed by atoms with Crippen molar-refractivity contribution in [1.82, 2.24) is 0 Å². The van der Waals surface area contributed by atoms with E-state index in [0.29, 0.717) is 0 Å². The van der Waals surface area contributed by atoms with E-state index >= 15 is 0 Å². The van der Waals surface area contributed by atoms with E-state index in [1.165, 1.54) is 66.8 Å². The monoisotopic (exact) mass is 462 g/mol. The third kappa shape index (κ3) is 3.25. The topological polar surface area (TPSA) is 24.7 Å². The number of benzene rings is 2. The van der Waals surface area contributed by atoms with Crippen LogP contribution in [0.25, 0.3) is 10.8 Å². The quantitative estimate of drug-likeness (QED) is 0.436. The Morgan fingerprint density at radius 2 is 0.917 bits per heavy atom. The van der Waals surface area contributed by atoms with Crippen LogP contribution in [-0.2, 0) is 12.8 Å². The largest absolute Gasteiger partial charge is 0.252 e. The van der Waals surface area contributed by atoms with Crippen molar-refractivity contribution in [2.45, 2.75) is 38.5 Å². The summed E-state index contributed by atoms with van der Waals surface area (Å²) in [6.07, 6.45) is 28.4. The molecule has 0 bridgehead atoms. The van der Waals surface area contributed by atoms with Crippen molar-refractivity contribution in [1.29, 1.82) is 0 Å². The van der Waals surface area contributed by atoms with Gasteiger partial charge < -0.3 is 0 Å². The maximum absolute atomic E-state index is 5.09. The van der Waals surface area contributed by atoms with Crippen LogP contribution in [0.3, 0.4) is 0 Å². The van der Waals surface area contributed by atoms with Crippen molar-refractivity contribution in [3.05, 3.63) is 130 Å². The van der Waals surface area contributed by atoms with Crippen LogP contribution in [0.1, 0.15) is 36.8 Å². The molecule has 0 unspecified atom stereocenters. The second-order valence-corrected chi connectivity index (χ2v) is 10.5. The summed E-state index contributed by atoms with van der Waals surface area (Å²) in [6.45, 7) is 0. The lowest BCUT2D eigenvalue weighted by Crippen LogP contribution is -2.02. The predicted octanol–water partition coefficient (Wildman–Crippen LogP) is 8.38. The molecule has 0 N–H and O–H groups in total. The lowest BCUT2D eigenvalue weighted by atomic mass is 9.96. The van der Waals surface area contributed by atoms with Gasteiger partial charge in [-0.1, -0.05) is 60.8 Å². The lowest BCUT2D eigenvalue weighted by Gasteiger charge is -2.07. The van der Waals surface area contributed by atoms with Gasteiger partial charge in [0.25, 0.3) is 0 Å². The molecule has 0 aromatic heterocycles. The predicted molar refractivity (Wildman–Crippen MR) is 151 cm³/mol. The van der Waals surface area contributed by atoms with Crippen LogP contribution in [0, 0.1) is 0 Å². The maximum atomic E-state index is 5.09. The Kier molecular flexibility index (Phi) is 4.33. The summed E-state index contributed by atoms with van der Waals surface area (Å²) in [5, 5.41) is 2.55. The first-order chi connectivity index (χ1) is 17.8. The van der Waals surface area contributed by atoms with Gasteiger partial charge in [0.05, 0.1) is 11.4 Å².